The van der Waals surface area contributed by atoms with Gasteiger partial charge in [-0.1, -0.05) is 6.07 Å². The number of rotatable bonds is 7. The number of aryl methyl sites for hydroxylation is 3. The van der Waals surface area contributed by atoms with Gasteiger partial charge in [0.25, 0.3) is 5.91 Å². The number of benzene rings is 1. The van der Waals surface area contributed by atoms with Crippen molar-refractivity contribution in [2.75, 3.05) is 18.5 Å². The molecule has 144 valence electrons. The maximum atomic E-state index is 12.2. The third kappa shape index (κ3) is 4.97. The maximum Gasteiger partial charge on any atom is 0.344 e. The maximum absolute atomic E-state index is 12.2. The summed E-state index contributed by atoms with van der Waals surface area (Å²) in [4.78, 5) is 36.3. The van der Waals surface area contributed by atoms with E-state index in [4.69, 9.17) is 13.9 Å². The van der Waals surface area contributed by atoms with Crippen molar-refractivity contribution in [2.24, 2.45) is 0 Å². The second-order valence-electron chi connectivity index (χ2n) is 6.17. The summed E-state index contributed by atoms with van der Waals surface area (Å²) < 4.78 is 15.9. The number of ether oxygens (including phenoxy) is 2. The highest BCUT2D eigenvalue weighted by Crippen LogP contribution is 2.28. The molecule has 0 fully saturated rings. The van der Waals surface area contributed by atoms with E-state index in [0.717, 1.165) is 11.1 Å². The van der Waals surface area contributed by atoms with Crippen LogP contribution in [0, 0.1) is 20.8 Å². The summed E-state index contributed by atoms with van der Waals surface area (Å²) in [5.41, 5.74) is 2.05. The van der Waals surface area contributed by atoms with Gasteiger partial charge in [0.05, 0.1) is 12.2 Å². The SMILES string of the molecule is CCOC(=O)c1c(NC(=O)COc2cc(C)cc(C)c2)oc(C)c1C(C)=O. The van der Waals surface area contributed by atoms with Gasteiger partial charge in [-0.3, -0.25) is 14.9 Å². The second-order valence-corrected chi connectivity index (χ2v) is 6.17. The summed E-state index contributed by atoms with van der Waals surface area (Å²) in [7, 11) is 0. The Hall–Kier alpha value is -3.09. The van der Waals surface area contributed by atoms with E-state index in [1.54, 1.807) is 13.8 Å². The third-order valence-electron chi connectivity index (χ3n) is 3.73. The van der Waals surface area contributed by atoms with Crippen LogP contribution in [0.1, 0.15) is 51.5 Å². The fourth-order valence-corrected chi connectivity index (χ4v) is 2.78. The van der Waals surface area contributed by atoms with Gasteiger partial charge in [0.15, 0.2) is 12.4 Å². The van der Waals surface area contributed by atoms with Crippen LogP contribution in [0.2, 0.25) is 0 Å². The monoisotopic (exact) mass is 373 g/mol. The van der Waals surface area contributed by atoms with Gasteiger partial charge in [-0.05, 0) is 57.9 Å². The quantitative estimate of drug-likeness (QED) is 0.588. The zero-order chi connectivity index (χ0) is 20.1. The van der Waals surface area contributed by atoms with E-state index in [0.29, 0.717) is 5.75 Å². The largest absolute Gasteiger partial charge is 0.484 e. The minimum absolute atomic E-state index is 0.0819. The summed E-state index contributed by atoms with van der Waals surface area (Å²) in [6, 6.07) is 5.62. The normalized spacial score (nSPS) is 10.4. The van der Waals surface area contributed by atoms with E-state index >= 15 is 0 Å². The molecule has 0 saturated heterocycles. The van der Waals surface area contributed by atoms with Crippen LogP contribution in [0.3, 0.4) is 0 Å². The number of nitrogens with one attached hydrogen (secondary N) is 1. The van der Waals surface area contributed by atoms with Crippen molar-refractivity contribution in [3.05, 3.63) is 46.2 Å². The number of anilines is 1. The fraction of sp³-hybridized carbons (Fsp3) is 0.350. The average Bonchev–Trinajstić information content (AvgIpc) is 2.88. The van der Waals surface area contributed by atoms with Gasteiger partial charge in [0.1, 0.15) is 17.1 Å². The van der Waals surface area contributed by atoms with Gasteiger partial charge in [0, 0.05) is 0 Å². The molecule has 7 heteroatoms. The molecule has 0 aliphatic rings. The van der Waals surface area contributed by atoms with Crippen molar-refractivity contribution in [1.29, 1.82) is 0 Å². The predicted octanol–water partition coefficient (Wildman–Crippen LogP) is 3.60. The number of carbonyl (C=O) groups is 3. The Morgan fingerprint density at radius 3 is 2.22 bits per heavy atom. The lowest BCUT2D eigenvalue weighted by Crippen LogP contribution is -2.22. The number of furan rings is 1. The zero-order valence-corrected chi connectivity index (χ0v) is 16.1. The van der Waals surface area contributed by atoms with E-state index in [1.165, 1.54) is 6.92 Å². The van der Waals surface area contributed by atoms with Crippen molar-refractivity contribution in [3.8, 4) is 5.75 Å². The molecule has 27 heavy (non-hydrogen) atoms. The molecule has 2 rings (SSSR count). The Morgan fingerprint density at radius 1 is 1.04 bits per heavy atom. The van der Waals surface area contributed by atoms with Crippen molar-refractivity contribution < 1.29 is 28.3 Å². The fourth-order valence-electron chi connectivity index (χ4n) is 2.78. The van der Waals surface area contributed by atoms with Crippen LogP contribution in [-0.2, 0) is 9.53 Å². The van der Waals surface area contributed by atoms with Crippen molar-refractivity contribution in [2.45, 2.75) is 34.6 Å². The van der Waals surface area contributed by atoms with Crippen molar-refractivity contribution in [3.63, 3.8) is 0 Å². The summed E-state index contributed by atoms with van der Waals surface area (Å²) in [6.45, 7) is 8.22. The van der Waals surface area contributed by atoms with Gasteiger partial charge in [-0.15, -0.1) is 0 Å². The molecule has 2 aromatic rings. The smallest absolute Gasteiger partial charge is 0.344 e. The molecule has 0 unspecified atom stereocenters. The van der Waals surface area contributed by atoms with Crippen LogP contribution < -0.4 is 10.1 Å². The Balaban J connectivity index is 2.18. The summed E-state index contributed by atoms with van der Waals surface area (Å²) in [6.07, 6.45) is 0. The van der Waals surface area contributed by atoms with Crippen LogP contribution in [0.5, 0.6) is 5.75 Å². The molecule has 0 spiro atoms. The number of esters is 1. The molecule has 1 amide bonds. The molecular formula is C20H23NO6. The molecule has 0 atom stereocenters. The number of hydrogen-bond acceptors (Lipinski definition) is 6. The zero-order valence-electron chi connectivity index (χ0n) is 16.1. The molecule has 1 aromatic carbocycles. The lowest BCUT2D eigenvalue weighted by atomic mass is 10.1. The number of amides is 1. The van der Waals surface area contributed by atoms with E-state index in [1.807, 2.05) is 32.0 Å². The molecule has 0 saturated carbocycles. The summed E-state index contributed by atoms with van der Waals surface area (Å²) in [5, 5.41) is 2.48. The first kappa shape index (κ1) is 20.2. The van der Waals surface area contributed by atoms with Crippen LogP contribution in [-0.4, -0.2) is 30.9 Å². The second kappa shape index (κ2) is 8.53. The first-order valence-electron chi connectivity index (χ1n) is 8.55. The average molecular weight is 373 g/mol. The molecule has 0 aliphatic heterocycles. The van der Waals surface area contributed by atoms with Crippen LogP contribution in [0.15, 0.2) is 22.6 Å². The van der Waals surface area contributed by atoms with E-state index < -0.39 is 11.9 Å². The van der Waals surface area contributed by atoms with Crippen molar-refractivity contribution >= 4 is 23.5 Å². The predicted molar refractivity (Wildman–Crippen MR) is 99.4 cm³/mol. The van der Waals surface area contributed by atoms with Crippen LogP contribution >= 0.6 is 0 Å². The Morgan fingerprint density at radius 2 is 1.67 bits per heavy atom. The number of carbonyl (C=O) groups excluding carboxylic acids is 3. The Kier molecular flexibility index (Phi) is 6.39. The van der Waals surface area contributed by atoms with Gasteiger partial charge in [-0.2, -0.15) is 0 Å². The molecule has 1 aromatic heterocycles. The van der Waals surface area contributed by atoms with Crippen LogP contribution in [0.4, 0.5) is 5.88 Å². The van der Waals surface area contributed by atoms with Gasteiger partial charge in [0.2, 0.25) is 5.88 Å². The number of ketones is 1. The highest BCUT2D eigenvalue weighted by Gasteiger charge is 2.28. The highest BCUT2D eigenvalue weighted by atomic mass is 16.5. The minimum Gasteiger partial charge on any atom is -0.484 e. The summed E-state index contributed by atoms with van der Waals surface area (Å²) >= 11 is 0. The molecule has 7 nitrogen and oxygen atoms in total. The van der Waals surface area contributed by atoms with Crippen molar-refractivity contribution in [1.82, 2.24) is 0 Å². The molecule has 1 N–H and O–H groups in total. The first-order valence-corrected chi connectivity index (χ1v) is 8.55. The standard InChI is InChI=1S/C20H23NO6/c1-6-25-20(24)18-17(13(4)22)14(5)27-19(18)21-16(23)10-26-15-8-11(2)7-12(3)9-15/h7-9H,6,10H2,1-5H3,(H,21,23). The van der Waals surface area contributed by atoms with Gasteiger partial charge < -0.3 is 13.9 Å². The molecule has 0 radical (unpaired) electrons. The lowest BCUT2D eigenvalue weighted by molar-refractivity contribution is -0.118. The first-order chi connectivity index (χ1) is 12.7. The molecule has 0 aliphatic carbocycles. The van der Waals surface area contributed by atoms with Gasteiger partial charge in [-0.25, -0.2) is 4.79 Å². The number of Topliss-reactive ketones (excluding diaryl/α,β-unsaturated/α-hetero) is 1. The lowest BCUT2D eigenvalue weighted by Gasteiger charge is -2.09. The topological polar surface area (TPSA) is 94.8 Å². The molecule has 1 heterocycles. The van der Waals surface area contributed by atoms with Gasteiger partial charge >= 0.3 is 5.97 Å². The number of hydrogen-bond donors (Lipinski definition) is 1. The van der Waals surface area contributed by atoms with E-state index in [-0.39, 0.29) is 41.8 Å². The van der Waals surface area contributed by atoms with E-state index in [2.05, 4.69) is 5.32 Å². The summed E-state index contributed by atoms with van der Waals surface area (Å²) in [5.74, 6) is -0.936. The molecular weight excluding hydrogens is 350 g/mol. The Labute approximate surface area is 157 Å². The van der Waals surface area contributed by atoms with Crippen LogP contribution in [0.25, 0.3) is 0 Å². The third-order valence-corrected chi connectivity index (χ3v) is 3.73. The minimum atomic E-state index is -0.731. The van der Waals surface area contributed by atoms with E-state index in [9.17, 15) is 14.4 Å². The Bertz CT molecular complexity index is 861. The molecule has 0 bridgehead atoms. The highest BCUT2D eigenvalue weighted by molar-refractivity contribution is 6.10.